The van der Waals surface area contributed by atoms with Crippen LogP contribution in [-0.4, -0.2) is 41.8 Å². The number of halogens is 3. The molecule has 2 rings (SSSR count). The Labute approximate surface area is 137 Å². The molecule has 0 aromatic heterocycles. The van der Waals surface area contributed by atoms with Crippen LogP contribution in [0, 0.1) is 11.8 Å². The van der Waals surface area contributed by atoms with E-state index in [0.29, 0.717) is 12.0 Å². The standard InChI is InChI=1S/C16H18F3NO4/c1-9(15(22)23)8-20(2)14(21)12-7-11(12)10-5-3-4-6-13(10)24-16(17,18)19/h3-6,9,11-12H,7-8H2,1-2H3,(H,22,23). The minimum Gasteiger partial charge on any atom is -0.481 e. The van der Waals surface area contributed by atoms with Crippen molar-refractivity contribution in [2.24, 2.45) is 11.8 Å². The van der Waals surface area contributed by atoms with Gasteiger partial charge in [-0.2, -0.15) is 0 Å². The average molecular weight is 345 g/mol. The maximum Gasteiger partial charge on any atom is 0.573 e. The van der Waals surface area contributed by atoms with Crippen LogP contribution in [0.3, 0.4) is 0 Å². The summed E-state index contributed by atoms with van der Waals surface area (Å²) in [4.78, 5) is 24.5. The van der Waals surface area contributed by atoms with E-state index in [2.05, 4.69) is 4.74 Å². The molecule has 132 valence electrons. The largest absolute Gasteiger partial charge is 0.573 e. The number of benzene rings is 1. The van der Waals surface area contributed by atoms with Gasteiger partial charge in [-0.05, 0) is 24.0 Å². The van der Waals surface area contributed by atoms with Gasteiger partial charge in [0.15, 0.2) is 0 Å². The third kappa shape index (κ3) is 4.39. The highest BCUT2D eigenvalue weighted by molar-refractivity contribution is 5.83. The molecule has 0 radical (unpaired) electrons. The summed E-state index contributed by atoms with van der Waals surface area (Å²) in [5.74, 6) is -3.09. The number of hydrogen-bond acceptors (Lipinski definition) is 3. The summed E-state index contributed by atoms with van der Waals surface area (Å²) in [7, 11) is 1.50. The van der Waals surface area contributed by atoms with Crippen molar-refractivity contribution in [1.82, 2.24) is 4.90 Å². The highest BCUT2D eigenvalue weighted by Crippen LogP contribution is 2.51. The van der Waals surface area contributed by atoms with E-state index < -0.39 is 24.2 Å². The normalized spacial score (nSPS) is 21.0. The van der Waals surface area contributed by atoms with E-state index in [1.54, 1.807) is 6.07 Å². The lowest BCUT2D eigenvalue weighted by atomic mass is 10.1. The van der Waals surface area contributed by atoms with Gasteiger partial charge >= 0.3 is 12.3 Å². The number of alkyl halides is 3. The molecule has 3 atom stereocenters. The molecular formula is C16H18F3NO4. The predicted molar refractivity (Wildman–Crippen MR) is 78.4 cm³/mol. The zero-order valence-electron chi connectivity index (χ0n) is 13.2. The highest BCUT2D eigenvalue weighted by Gasteiger charge is 2.47. The molecule has 8 heteroatoms. The molecule has 0 spiro atoms. The first kappa shape index (κ1) is 18.1. The molecule has 0 bridgehead atoms. The lowest BCUT2D eigenvalue weighted by molar-refractivity contribution is -0.274. The number of carbonyl (C=O) groups is 2. The molecule has 0 heterocycles. The highest BCUT2D eigenvalue weighted by atomic mass is 19.4. The summed E-state index contributed by atoms with van der Waals surface area (Å²) < 4.78 is 41.4. The maximum atomic E-state index is 12.5. The van der Waals surface area contributed by atoms with Gasteiger partial charge in [-0.1, -0.05) is 25.1 Å². The molecule has 1 aromatic rings. The third-order valence-electron chi connectivity index (χ3n) is 4.00. The van der Waals surface area contributed by atoms with E-state index in [-0.39, 0.29) is 24.1 Å². The van der Waals surface area contributed by atoms with Crippen LogP contribution in [-0.2, 0) is 9.59 Å². The van der Waals surface area contributed by atoms with Crippen LogP contribution in [0.25, 0.3) is 0 Å². The van der Waals surface area contributed by atoms with Crippen LogP contribution in [0.15, 0.2) is 24.3 Å². The van der Waals surface area contributed by atoms with Crippen LogP contribution in [0.2, 0.25) is 0 Å². The van der Waals surface area contributed by atoms with Crippen molar-refractivity contribution in [1.29, 1.82) is 0 Å². The Hall–Kier alpha value is -2.25. The second-order valence-electron chi connectivity index (χ2n) is 5.99. The number of carbonyl (C=O) groups excluding carboxylic acids is 1. The Kier molecular flexibility index (Phi) is 5.05. The first-order valence-electron chi connectivity index (χ1n) is 7.42. The summed E-state index contributed by atoms with van der Waals surface area (Å²) >= 11 is 0. The number of rotatable bonds is 6. The van der Waals surface area contributed by atoms with Crippen molar-refractivity contribution in [2.45, 2.75) is 25.6 Å². The van der Waals surface area contributed by atoms with E-state index >= 15 is 0 Å². The second kappa shape index (κ2) is 6.70. The van der Waals surface area contributed by atoms with Crippen LogP contribution in [0.1, 0.15) is 24.8 Å². The quantitative estimate of drug-likeness (QED) is 0.861. The van der Waals surface area contributed by atoms with E-state index in [9.17, 15) is 22.8 Å². The maximum absolute atomic E-state index is 12.5. The molecule has 1 fully saturated rings. The topological polar surface area (TPSA) is 66.8 Å². The van der Waals surface area contributed by atoms with Crippen molar-refractivity contribution < 1.29 is 32.6 Å². The van der Waals surface area contributed by atoms with Crippen LogP contribution in [0.5, 0.6) is 5.75 Å². The fraction of sp³-hybridized carbons (Fsp3) is 0.500. The van der Waals surface area contributed by atoms with E-state index in [0.717, 1.165) is 0 Å². The molecular weight excluding hydrogens is 327 g/mol. The molecule has 1 saturated carbocycles. The van der Waals surface area contributed by atoms with Gasteiger partial charge in [-0.3, -0.25) is 9.59 Å². The first-order valence-corrected chi connectivity index (χ1v) is 7.42. The molecule has 1 N–H and O–H groups in total. The number of amides is 1. The summed E-state index contributed by atoms with van der Waals surface area (Å²) in [5.41, 5.74) is 0.341. The van der Waals surface area contributed by atoms with Crippen molar-refractivity contribution >= 4 is 11.9 Å². The number of carboxylic acids is 1. The van der Waals surface area contributed by atoms with Crippen molar-refractivity contribution in [3.63, 3.8) is 0 Å². The molecule has 24 heavy (non-hydrogen) atoms. The van der Waals surface area contributed by atoms with Gasteiger partial charge < -0.3 is 14.7 Å². The molecule has 0 aliphatic heterocycles. The van der Waals surface area contributed by atoms with Gasteiger partial charge in [0, 0.05) is 19.5 Å². The Bertz CT molecular complexity index is 632. The van der Waals surface area contributed by atoms with Gasteiger partial charge in [0.1, 0.15) is 5.75 Å². The number of aliphatic carboxylic acids is 1. The molecule has 3 unspecified atom stereocenters. The molecule has 1 aliphatic carbocycles. The van der Waals surface area contributed by atoms with Crippen molar-refractivity contribution in [3.8, 4) is 5.75 Å². The summed E-state index contributed by atoms with van der Waals surface area (Å²) in [6, 6.07) is 5.76. The average Bonchev–Trinajstić information content (AvgIpc) is 3.25. The third-order valence-corrected chi connectivity index (χ3v) is 4.00. The lowest BCUT2D eigenvalue weighted by Gasteiger charge is -2.20. The Morgan fingerprint density at radius 1 is 1.38 bits per heavy atom. The molecule has 0 saturated heterocycles. The van der Waals surface area contributed by atoms with Gasteiger partial charge in [0.2, 0.25) is 5.91 Å². The smallest absolute Gasteiger partial charge is 0.481 e. The van der Waals surface area contributed by atoms with Gasteiger partial charge in [-0.25, -0.2) is 0 Å². The minimum absolute atomic E-state index is 0.0537. The fourth-order valence-electron chi connectivity index (χ4n) is 2.68. The Morgan fingerprint density at radius 3 is 2.58 bits per heavy atom. The molecule has 1 amide bonds. The second-order valence-corrected chi connectivity index (χ2v) is 5.99. The number of hydrogen-bond donors (Lipinski definition) is 1. The number of ether oxygens (including phenoxy) is 1. The SMILES string of the molecule is CC(CN(C)C(=O)C1CC1c1ccccc1OC(F)(F)F)C(=O)O. The summed E-state index contributed by atoms with van der Waals surface area (Å²) in [6.07, 6.45) is -4.37. The zero-order valence-corrected chi connectivity index (χ0v) is 13.2. The molecule has 5 nitrogen and oxygen atoms in total. The van der Waals surface area contributed by atoms with Gasteiger partial charge in [0.25, 0.3) is 0 Å². The fourth-order valence-corrected chi connectivity index (χ4v) is 2.68. The first-order chi connectivity index (χ1) is 11.1. The van der Waals surface area contributed by atoms with Crippen LogP contribution in [0.4, 0.5) is 13.2 Å². The van der Waals surface area contributed by atoms with Crippen molar-refractivity contribution in [3.05, 3.63) is 29.8 Å². The van der Waals surface area contributed by atoms with Crippen LogP contribution < -0.4 is 4.74 Å². The Morgan fingerprint density at radius 2 is 2.00 bits per heavy atom. The zero-order chi connectivity index (χ0) is 18.1. The van der Waals surface area contributed by atoms with Gasteiger partial charge in [0.05, 0.1) is 5.92 Å². The number of nitrogens with zero attached hydrogens (tertiary/aromatic N) is 1. The minimum atomic E-state index is -4.79. The van der Waals surface area contributed by atoms with Crippen LogP contribution >= 0.6 is 0 Å². The van der Waals surface area contributed by atoms with Crippen molar-refractivity contribution in [2.75, 3.05) is 13.6 Å². The summed E-state index contributed by atoms with van der Waals surface area (Å²) in [5, 5.41) is 8.88. The monoisotopic (exact) mass is 345 g/mol. The summed E-state index contributed by atoms with van der Waals surface area (Å²) in [6.45, 7) is 1.54. The molecule has 1 aromatic carbocycles. The lowest BCUT2D eigenvalue weighted by Crippen LogP contribution is -2.34. The molecule has 1 aliphatic rings. The van der Waals surface area contributed by atoms with E-state index in [4.69, 9.17) is 5.11 Å². The van der Waals surface area contributed by atoms with E-state index in [1.807, 2.05) is 0 Å². The van der Waals surface area contributed by atoms with Gasteiger partial charge in [-0.15, -0.1) is 13.2 Å². The number of para-hydroxylation sites is 1. The predicted octanol–water partition coefficient (Wildman–Crippen LogP) is 2.87. The Balaban J connectivity index is 2.05. The van der Waals surface area contributed by atoms with E-state index in [1.165, 1.54) is 37.1 Å². The number of carboxylic acid groups (broad SMARTS) is 1.